The first-order chi connectivity index (χ1) is 9.52. The Balaban J connectivity index is 2.33. The fraction of sp³-hybridized carbons (Fsp3) is 0.125. The molecular weight excluding hydrogens is 271 g/mol. The van der Waals surface area contributed by atoms with Gasteiger partial charge in [-0.3, -0.25) is 14.2 Å². The van der Waals surface area contributed by atoms with E-state index in [0.717, 1.165) is 11.1 Å². The highest BCUT2D eigenvalue weighted by atomic mass is 31.1. The molecule has 2 aromatic carbocycles. The highest BCUT2D eigenvalue weighted by molar-refractivity contribution is 7.80. The first kappa shape index (κ1) is 14.3. The van der Waals surface area contributed by atoms with Gasteiger partial charge in [0.25, 0.3) is 0 Å². The van der Waals surface area contributed by atoms with Crippen LogP contribution in [0.3, 0.4) is 0 Å². The van der Waals surface area contributed by atoms with E-state index < -0.39 is 18.8 Å². The van der Waals surface area contributed by atoms with Crippen LogP contribution in [0.15, 0.2) is 48.5 Å². The third kappa shape index (κ3) is 2.73. The summed E-state index contributed by atoms with van der Waals surface area (Å²) >= 11 is 0. The Bertz CT molecular complexity index is 645. The minimum atomic E-state index is -2.62. The minimum Gasteiger partial charge on any atom is -0.281 e. The Labute approximate surface area is 118 Å². The quantitative estimate of drug-likeness (QED) is 0.794. The van der Waals surface area contributed by atoms with Gasteiger partial charge < -0.3 is 0 Å². The molecular formula is C16H14O3P. The Hall–Kier alpha value is -2.12. The van der Waals surface area contributed by atoms with Gasteiger partial charge in [-0.15, -0.1) is 0 Å². The molecule has 20 heavy (non-hydrogen) atoms. The Morgan fingerprint density at radius 1 is 0.750 bits per heavy atom. The second-order valence-corrected chi connectivity index (χ2v) is 5.94. The van der Waals surface area contributed by atoms with Gasteiger partial charge in [-0.25, -0.2) is 0 Å². The van der Waals surface area contributed by atoms with Gasteiger partial charge >= 0.3 is 0 Å². The second kappa shape index (κ2) is 5.89. The van der Waals surface area contributed by atoms with Crippen LogP contribution in [0.25, 0.3) is 0 Å². The lowest BCUT2D eigenvalue weighted by molar-refractivity contribution is 0.104. The maximum atomic E-state index is 12.2. The summed E-state index contributed by atoms with van der Waals surface area (Å²) < 4.78 is 12.2. The summed E-state index contributed by atoms with van der Waals surface area (Å²) in [6, 6.07) is 13.7. The van der Waals surface area contributed by atoms with Crippen LogP contribution in [0.1, 0.15) is 31.8 Å². The lowest BCUT2D eigenvalue weighted by atomic mass is 10.1. The van der Waals surface area contributed by atoms with Crippen LogP contribution in [0.5, 0.6) is 0 Å². The summed E-state index contributed by atoms with van der Waals surface area (Å²) in [7, 11) is -2.62. The molecule has 0 bridgehead atoms. The van der Waals surface area contributed by atoms with Crippen LogP contribution >= 0.6 is 7.80 Å². The zero-order chi connectivity index (χ0) is 14.7. The molecule has 2 rings (SSSR count). The maximum absolute atomic E-state index is 12.2. The second-order valence-electron chi connectivity index (χ2n) is 4.53. The number of benzene rings is 2. The molecule has 0 aliphatic rings. The Kier molecular flexibility index (Phi) is 4.21. The van der Waals surface area contributed by atoms with Crippen LogP contribution < -0.4 is 0 Å². The topological polar surface area (TPSA) is 51.2 Å². The first-order valence-electron chi connectivity index (χ1n) is 6.19. The predicted molar refractivity (Wildman–Crippen MR) is 78.6 cm³/mol. The third-order valence-corrected chi connectivity index (χ3v) is 4.34. The number of carbonyl (C=O) groups excluding carboxylic acids is 2. The lowest BCUT2D eigenvalue weighted by Crippen LogP contribution is -2.04. The summed E-state index contributed by atoms with van der Waals surface area (Å²) in [6.07, 6.45) is 0. The van der Waals surface area contributed by atoms with Crippen molar-refractivity contribution in [2.75, 3.05) is 0 Å². The maximum Gasteiger partial charge on any atom is 0.249 e. The molecule has 0 saturated heterocycles. The van der Waals surface area contributed by atoms with E-state index in [1.807, 2.05) is 0 Å². The van der Waals surface area contributed by atoms with Crippen LogP contribution in [-0.4, -0.2) is 11.0 Å². The van der Waals surface area contributed by atoms with Crippen molar-refractivity contribution in [2.45, 2.75) is 13.8 Å². The normalized spacial score (nSPS) is 10.1. The Morgan fingerprint density at radius 3 is 1.45 bits per heavy atom. The molecule has 1 radical (unpaired) electrons. The summed E-state index contributed by atoms with van der Waals surface area (Å²) in [6.45, 7) is 3.52. The molecule has 0 saturated carbocycles. The van der Waals surface area contributed by atoms with E-state index in [1.54, 1.807) is 62.4 Å². The van der Waals surface area contributed by atoms with Crippen molar-refractivity contribution in [2.24, 2.45) is 0 Å². The van der Waals surface area contributed by atoms with Gasteiger partial charge in [-0.1, -0.05) is 48.5 Å². The SMILES string of the molecule is Cc1ccccc1C(=O)[P](=O)C(=O)c1ccccc1C. The van der Waals surface area contributed by atoms with E-state index in [4.69, 9.17) is 0 Å². The molecule has 2 aromatic rings. The standard InChI is InChI=1S/C16H14O3P/c1-11-7-3-5-9-13(11)15(17)20(19)16(18)14-10-6-4-8-12(14)2/h3-10H,1-2H3. The Morgan fingerprint density at radius 2 is 1.10 bits per heavy atom. The van der Waals surface area contributed by atoms with Crippen LogP contribution in [0.2, 0.25) is 0 Å². The van der Waals surface area contributed by atoms with E-state index in [1.165, 1.54) is 0 Å². The molecule has 0 amide bonds. The molecule has 0 spiro atoms. The summed E-state index contributed by atoms with van der Waals surface area (Å²) in [4.78, 5) is 24.4. The van der Waals surface area contributed by atoms with E-state index in [-0.39, 0.29) is 0 Å². The van der Waals surface area contributed by atoms with E-state index in [0.29, 0.717) is 11.1 Å². The van der Waals surface area contributed by atoms with E-state index in [9.17, 15) is 14.2 Å². The molecule has 0 aliphatic heterocycles. The summed E-state index contributed by atoms with van der Waals surface area (Å²) in [5.41, 5.74) is 0.917. The molecule has 0 fully saturated rings. The average molecular weight is 285 g/mol. The predicted octanol–water partition coefficient (Wildman–Crippen LogP) is 4.11. The van der Waals surface area contributed by atoms with Crippen molar-refractivity contribution in [3.8, 4) is 0 Å². The molecule has 0 unspecified atom stereocenters. The number of carbonyl (C=O) groups is 2. The van der Waals surface area contributed by atoms with Crippen LogP contribution in [0, 0.1) is 13.8 Å². The zero-order valence-electron chi connectivity index (χ0n) is 11.3. The number of hydrogen-bond acceptors (Lipinski definition) is 3. The first-order valence-corrected chi connectivity index (χ1v) is 7.45. The third-order valence-electron chi connectivity index (χ3n) is 3.12. The van der Waals surface area contributed by atoms with Gasteiger partial charge in [0, 0.05) is 11.1 Å². The fourth-order valence-electron chi connectivity index (χ4n) is 1.94. The fourth-order valence-corrected chi connectivity index (χ4v) is 3.06. The van der Waals surface area contributed by atoms with Crippen molar-refractivity contribution in [1.29, 1.82) is 0 Å². The lowest BCUT2D eigenvalue weighted by Gasteiger charge is -2.05. The van der Waals surface area contributed by atoms with Crippen molar-refractivity contribution < 1.29 is 14.2 Å². The molecule has 3 nitrogen and oxygen atoms in total. The van der Waals surface area contributed by atoms with Crippen LogP contribution in [0.4, 0.5) is 0 Å². The minimum absolute atomic E-state index is 0.343. The van der Waals surface area contributed by atoms with Gasteiger partial charge in [-0.05, 0) is 25.0 Å². The van der Waals surface area contributed by atoms with Crippen molar-refractivity contribution in [1.82, 2.24) is 0 Å². The van der Waals surface area contributed by atoms with Gasteiger partial charge in [0.2, 0.25) is 18.8 Å². The molecule has 4 heteroatoms. The molecule has 0 atom stereocenters. The van der Waals surface area contributed by atoms with E-state index >= 15 is 0 Å². The number of rotatable bonds is 4. The molecule has 0 aliphatic carbocycles. The van der Waals surface area contributed by atoms with E-state index in [2.05, 4.69) is 0 Å². The number of hydrogen-bond donors (Lipinski definition) is 0. The van der Waals surface area contributed by atoms with Crippen molar-refractivity contribution in [3.05, 3.63) is 70.8 Å². The van der Waals surface area contributed by atoms with Gasteiger partial charge in [0.15, 0.2) is 0 Å². The highest BCUT2D eigenvalue weighted by Crippen LogP contribution is 2.33. The molecule has 101 valence electrons. The van der Waals surface area contributed by atoms with Crippen molar-refractivity contribution >= 4 is 18.8 Å². The van der Waals surface area contributed by atoms with Gasteiger partial charge in [0.05, 0.1) is 0 Å². The van der Waals surface area contributed by atoms with Gasteiger partial charge in [0.1, 0.15) is 0 Å². The van der Waals surface area contributed by atoms with Crippen LogP contribution in [-0.2, 0) is 4.57 Å². The molecule has 0 aromatic heterocycles. The highest BCUT2D eigenvalue weighted by Gasteiger charge is 2.26. The van der Waals surface area contributed by atoms with Crippen molar-refractivity contribution in [3.63, 3.8) is 0 Å². The number of aryl methyl sites for hydroxylation is 2. The summed E-state index contributed by atoms with van der Waals surface area (Å²) in [5, 5.41) is 0. The summed E-state index contributed by atoms with van der Waals surface area (Å²) in [5.74, 6) is 0. The zero-order valence-corrected chi connectivity index (χ0v) is 12.2. The average Bonchev–Trinajstić information content (AvgIpc) is 2.46. The monoisotopic (exact) mass is 285 g/mol. The smallest absolute Gasteiger partial charge is 0.249 e. The van der Waals surface area contributed by atoms with Gasteiger partial charge in [-0.2, -0.15) is 0 Å². The molecule has 0 N–H and O–H groups in total. The molecule has 0 heterocycles. The largest absolute Gasteiger partial charge is 0.281 e.